The van der Waals surface area contributed by atoms with Crippen LogP contribution in [0.2, 0.25) is 5.28 Å². The Morgan fingerprint density at radius 2 is 1.96 bits per heavy atom. The van der Waals surface area contributed by atoms with Crippen molar-refractivity contribution in [1.29, 1.82) is 0 Å². The Morgan fingerprint density at radius 3 is 2.64 bits per heavy atom. The predicted octanol–water partition coefficient (Wildman–Crippen LogP) is 1.58. The van der Waals surface area contributed by atoms with Crippen LogP contribution < -0.4 is 4.90 Å². The molecule has 0 bridgehead atoms. The molecular formula is C17H24ClN7O3. The Bertz CT molecular complexity index is 869. The molecule has 0 spiro atoms. The molecule has 4 rings (SSSR count). The van der Waals surface area contributed by atoms with Crippen LogP contribution in [-0.4, -0.2) is 80.9 Å². The Kier molecular flexibility index (Phi) is 5.00. The van der Waals surface area contributed by atoms with E-state index in [2.05, 4.69) is 25.2 Å². The highest BCUT2D eigenvalue weighted by molar-refractivity contribution is 6.28. The summed E-state index contributed by atoms with van der Waals surface area (Å²) in [5, 5.41) is 8.71. The van der Waals surface area contributed by atoms with Crippen LogP contribution in [0.25, 0.3) is 11.2 Å². The molecule has 0 unspecified atom stereocenters. The fourth-order valence-corrected chi connectivity index (χ4v) is 3.50. The van der Waals surface area contributed by atoms with E-state index < -0.39 is 5.60 Å². The maximum Gasteiger partial charge on any atom is 0.410 e. The molecule has 0 radical (unpaired) electrons. The van der Waals surface area contributed by atoms with E-state index in [1.54, 1.807) is 9.58 Å². The molecule has 152 valence electrons. The minimum atomic E-state index is -0.492. The zero-order chi connectivity index (χ0) is 19.9. The molecule has 2 aromatic heterocycles. The van der Waals surface area contributed by atoms with Gasteiger partial charge in [-0.2, -0.15) is 9.97 Å². The average molecular weight is 410 g/mol. The van der Waals surface area contributed by atoms with Crippen molar-refractivity contribution in [2.24, 2.45) is 5.92 Å². The normalized spacial score (nSPS) is 18.4. The summed E-state index contributed by atoms with van der Waals surface area (Å²) in [5.41, 5.74) is 0.750. The molecule has 0 N–H and O–H groups in total. The van der Waals surface area contributed by atoms with Crippen molar-refractivity contribution in [3.8, 4) is 0 Å². The molecule has 2 fully saturated rings. The van der Waals surface area contributed by atoms with Crippen LogP contribution in [0.1, 0.15) is 20.8 Å². The van der Waals surface area contributed by atoms with Crippen molar-refractivity contribution in [3.63, 3.8) is 0 Å². The highest BCUT2D eigenvalue weighted by Gasteiger charge is 2.34. The predicted molar refractivity (Wildman–Crippen MR) is 102 cm³/mol. The second-order valence-electron chi connectivity index (χ2n) is 8.11. The van der Waals surface area contributed by atoms with Crippen LogP contribution in [0, 0.1) is 5.92 Å². The van der Waals surface area contributed by atoms with Crippen LogP contribution in [0.15, 0.2) is 0 Å². The minimum Gasteiger partial charge on any atom is -0.444 e. The molecule has 28 heavy (non-hydrogen) atoms. The smallest absolute Gasteiger partial charge is 0.410 e. The maximum absolute atomic E-state index is 12.1. The molecule has 0 aromatic carbocycles. The summed E-state index contributed by atoms with van der Waals surface area (Å²) in [5.74, 6) is 0.950. The molecule has 0 saturated carbocycles. The highest BCUT2D eigenvalue weighted by atomic mass is 35.5. The first-order valence-corrected chi connectivity index (χ1v) is 9.75. The van der Waals surface area contributed by atoms with Gasteiger partial charge in [-0.15, -0.1) is 5.10 Å². The number of aromatic nitrogens is 5. The molecule has 0 atom stereocenters. The summed E-state index contributed by atoms with van der Waals surface area (Å²) in [6.45, 7) is 10.1. The van der Waals surface area contributed by atoms with Gasteiger partial charge in [0.05, 0.1) is 19.8 Å². The molecule has 0 aliphatic carbocycles. The van der Waals surface area contributed by atoms with Crippen LogP contribution in [0.4, 0.5) is 10.6 Å². The van der Waals surface area contributed by atoms with E-state index in [9.17, 15) is 4.79 Å². The number of ether oxygens (including phenoxy) is 2. The second kappa shape index (κ2) is 7.32. The molecule has 2 saturated heterocycles. The number of hydrogen-bond donors (Lipinski definition) is 0. The van der Waals surface area contributed by atoms with E-state index in [0.29, 0.717) is 49.8 Å². The topological polar surface area (TPSA) is 98.5 Å². The molecule has 2 aromatic rings. The number of fused-ring (bicyclic) bond motifs is 1. The van der Waals surface area contributed by atoms with Crippen molar-refractivity contribution >= 4 is 34.7 Å². The molecule has 10 nitrogen and oxygen atoms in total. The van der Waals surface area contributed by atoms with Gasteiger partial charge in [0.25, 0.3) is 0 Å². The van der Waals surface area contributed by atoms with Gasteiger partial charge in [-0.1, -0.05) is 5.21 Å². The fraction of sp³-hybridized carbons (Fsp3) is 0.706. The molecule has 1 amide bonds. The van der Waals surface area contributed by atoms with E-state index >= 15 is 0 Å². The number of anilines is 1. The Labute approximate surface area is 167 Å². The number of rotatable bonds is 3. The Balaban J connectivity index is 1.46. The van der Waals surface area contributed by atoms with Gasteiger partial charge in [0.15, 0.2) is 17.0 Å². The Morgan fingerprint density at radius 1 is 1.25 bits per heavy atom. The van der Waals surface area contributed by atoms with E-state index in [1.807, 2.05) is 20.8 Å². The summed E-state index contributed by atoms with van der Waals surface area (Å²) in [7, 11) is 0. The number of hydrogen-bond acceptors (Lipinski definition) is 8. The van der Waals surface area contributed by atoms with Crippen LogP contribution >= 0.6 is 11.6 Å². The Hall–Kier alpha value is -2.20. The van der Waals surface area contributed by atoms with Gasteiger partial charge in [0.1, 0.15) is 5.60 Å². The van der Waals surface area contributed by atoms with Crippen molar-refractivity contribution in [3.05, 3.63) is 5.28 Å². The minimum absolute atomic E-state index is 0.168. The molecule has 2 aliphatic rings. The van der Waals surface area contributed by atoms with Crippen LogP contribution in [0.5, 0.6) is 0 Å². The largest absolute Gasteiger partial charge is 0.444 e. The van der Waals surface area contributed by atoms with E-state index in [0.717, 1.165) is 13.1 Å². The van der Waals surface area contributed by atoms with Gasteiger partial charge >= 0.3 is 6.09 Å². The van der Waals surface area contributed by atoms with Crippen molar-refractivity contribution in [2.45, 2.75) is 32.9 Å². The highest BCUT2D eigenvalue weighted by Crippen LogP contribution is 2.26. The van der Waals surface area contributed by atoms with Crippen LogP contribution in [-0.2, 0) is 16.0 Å². The SMILES string of the molecule is CC(C)(C)OC(=O)N1CC(Cn2nnc3c(N4CCOCC4)nc(Cl)nc32)C1. The zero-order valence-corrected chi connectivity index (χ0v) is 17.0. The number of carbonyl (C=O) groups is 1. The first-order chi connectivity index (χ1) is 13.3. The monoisotopic (exact) mass is 409 g/mol. The maximum atomic E-state index is 12.1. The van der Waals surface area contributed by atoms with Crippen molar-refractivity contribution in [1.82, 2.24) is 29.9 Å². The zero-order valence-electron chi connectivity index (χ0n) is 16.3. The van der Waals surface area contributed by atoms with E-state index in [-0.39, 0.29) is 17.3 Å². The standard InChI is InChI=1S/C17H24ClN7O3/c1-17(2,3)28-16(26)24-8-11(9-24)10-25-14-12(21-22-25)13(19-15(18)20-14)23-4-6-27-7-5-23/h11H,4-10H2,1-3H3. The summed E-state index contributed by atoms with van der Waals surface area (Å²) < 4.78 is 12.5. The number of morpholine rings is 1. The molecule has 11 heteroatoms. The van der Waals surface area contributed by atoms with Gasteiger partial charge in [0.2, 0.25) is 5.28 Å². The summed E-state index contributed by atoms with van der Waals surface area (Å²) in [6.07, 6.45) is -0.285. The van der Waals surface area contributed by atoms with Gasteiger partial charge in [-0.25, -0.2) is 9.48 Å². The van der Waals surface area contributed by atoms with Gasteiger partial charge in [-0.05, 0) is 32.4 Å². The van der Waals surface area contributed by atoms with E-state index in [1.165, 1.54) is 0 Å². The number of halogens is 1. The van der Waals surface area contributed by atoms with Gasteiger partial charge in [0, 0.05) is 32.1 Å². The van der Waals surface area contributed by atoms with Crippen molar-refractivity contribution < 1.29 is 14.3 Å². The lowest BCUT2D eigenvalue weighted by Gasteiger charge is -2.39. The van der Waals surface area contributed by atoms with E-state index in [4.69, 9.17) is 21.1 Å². The lowest BCUT2D eigenvalue weighted by Crippen LogP contribution is -2.52. The van der Waals surface area contributed by atoms with Gasteiger partial charge < -0.3 is 19.3 Å². The molecule has 4 heterocycles. The number of nitrogens with zero attached hydrogens (tertiary/aromatic N) is 7. The first kappa shape index (κ1) is 19.1. The first-order valence-electron chi connectivity index (χ1n) is 9.37. The molecule has 2 aliphatic heterocycles. The lowest BCUT2D eigenvalue weighted by atomic mass is 10.0. The lowest BCUT2D eigenvalue weighted by molar-refractivity contribution is -0.00373. The number of carbonyl (C=O) groups excluding carboxylic acids is 1. The fourth-order valence-electron chi connectivity index (χ4n) is 3.34. The average Bonchev–Trinajstić information content (AvgIpc) is 2.98. The van der Waals surface area contributed by atoms with Crippen molar-refractivity contribution in [2.75, 3.05) is 44.3 Å². The number of amides is 1. The number of likely N-dealkylation sites (tertiary alicyclic amines) is 1. The third-order valence-corrected chi connectivity index (χ3v) is 4.84. The van der Waals surface area contributed by atoms with Crippen LogP contribution in [0.3, 0.4) is 0 Å². The summed E-state index contributed by atoms with van der Waals surface area (Å²) in [6, 6.07) is 0. The third kappa shape index (κ3) is 3.97. The summed E-state index contributed by atoms with van der Waals surface area (Å²) in [4.78, 5) is 24.6. The molecular weight excluding hydrogens is 386 g/mol. The second-order valence-corrected chi connectivity index (χ2v) is 8.45. The summed E-state index contributed by atoms with van der Waals surface area (Å²) >= 11 is 6.16. The quantitative estimate of drug-likeness (QED) is 0.704. The third-order valence-electron chi connectivity index (χ3n) is 4.67. The van der Waals surface area contributed by atoms with Gasteiger partial charge in [-0.3, -0.25) is 0 Å².